The van der Waals surface area contributed by atoms with E-state index < -0.39 is 0 Å². The third kappa shape index (κ3) is 5.77. The lowest BCUT2D eigenvalue weighted by atomic mass is 10.1. The van der Waals surface area contributed by atoms with E-state index in [9.17, 15) is 4.79 Å². The predicted molar refractivity (Wildman–Crippen MR) is 104 cm³/mol. The Balaban J connectivity index is 1.74. The molecular weight excluding hydrogens is 328 g/mol. The Hall–Kier alpha value is -2.53. The summed E-state index contributed by atoms with van der Waals surface area (Å²) in [5.41, 5.74) is 3.01. The zero-order valence-electron chi connectivity index (χ0n) is 16.0. The van der Waals surface area contributed by atoms with E-state index in [0.717, 1.165) is 23.5 Å². The number of methoxy groups -OCH3 is 2. The molecule has 26 heavy (non-hydrogen) atoms. The Bertz CT molecular complexity index is 714. The summed E-state index contributed by atoms with van der Waals surface area (Å²) in [4.78, 5) is 12.1. The molecule has 5 nitrogen and oxygen atoms in total. The summed E-state index contributed by atoms with van der Waals surface area (Å²) < 4.78 is 10.6. The van der Waals surface area contributed by atoms with Crippen molar-refractivity contribution in [1.29, 1.82) is 0 Å². The van der Waals surface area contributed by atoms with Crippen molar-refractivity contribution in [3.8, 4) is 11.5 Å². The summed E-state index contributed by atoms with van der Waals surface area (Å²) in [5.74, 6) is 1.43. The van der Waals surface area contributed by atoms with Crippen LogP contribution in [0.3, 0.4) is 0 Å². The highest BCUT2D eigenvalue weighted by Crippen LogP contribution is 2.27. The van der Waals surface area contributed by atoms with Gasteiger partial charge in [-0.15, -0.1) is 0 Å². The zero-order valence-corrected chi connectivity index (χ0v) is 16.0. The van der Waals surface area contributed by atoms with Gasteiger partial charge in [0.05, 0.1) is 14.2 Å². The maximum atomic E-state index is 12.1. The molecule has 1 amide bonds. The molecule has 140 valence electrons. The van der Waals surface area contributed by atoms with Crippen LogP contribution in [0.4, 0.5) is 0 Å². The fourth-order valence-electron chi connectivity index (χ4n) is 2.73. The van der Waals surface area contributed by atoms with Crippen LogP contribution in [0.2, 0.25) is 0 Å². The number of ether oxygens (including phenoxy) is 2. The number of carbonyl (C=O) groups is 1. The molecule has 5 heteroatoms. The largest absolute Gasteiger partial charge is 0.493 e. The minimum Gasteiger partial charge on any atom is -0.493 e. The molecule has 0 saturated carbocycles. The molecule has 0 fully saturated rings. The summed E-state index contributed by atoms with van der Waals surface area (Å²) in [6, 6.07) is 13.8. The molecule has 0 aromatic heterocycles. The lowest BCUT2D eigenvalue weighted by molar-refractivity contribution is 0.0953. The van der Waals surface area contributed by atoms with Crippen LogP contribution in [-0.2, 0) is 6.42 Å². The Kier molecular flexibility index (Phi) is 7.48. The lowest BCUT2D eigenvalue weighted by Gasteiger charge is -2.16. The maximum absolute atomic E-state index is 12.1. The van der Waals surface area contributed by atoms with Gasteiger partial charge in [0.25, 0.3) is 5.91 Å². The molecule has 2 aromatic carbocycles. The molecule has 2 rings (SSSR count). The van der Waals surface area contributed by atoms with Gasteiger partial charge in [-0.25, -0.2) is 0 Å². The van der Waals surface area contributed by atoms with Crippen LogP contribution in [0.5, 0.6) is 11.5 Å². The normalized spacial score (nSPS) is 11.7. The second-order valence-electron chi connectivity index (χ2n) is 6.37. The second kappa shape index (κ2) is 9.82. The molecule has 0 aliphatic heterocycles. The van der Waals surface area contributed by atoms with Crippen LogP contribution in [0.1, 0.15) is 28.4 Å². The van der Waals surface area contributed by atoms with Gasteiger partial charge in [-0.3, -0.25) is 4.79 Å². The standard InChI is InChI=1S/C21H28N2O3/c1-15-5-8-18(9-6-15)21(24)23-12-11-22-16(2)13-17-7-10-19(25-3)20(14-17)26-4/h5-10,14,16,22H,11-13H2,1-4H3,(H,23,24). The summed E-state index contributed by atoms with van der Waals surface area (Å²) in [7, 11) is 3.27. The Morgan fingerprint density at radius 3 is 2.35 bits per heavy atom. The van der Waals surface area contributed by atoms with E-state index in [1.165, 1.54) is 5.56 Å². The van der Waals surface area contributed by atoms with Gasteiger partial charge in [0.2, 0.25) is 0 Å². The maximum Gasteiger partial charge on any atom is 0.251 e. The first-order chi connectivity index (χ1) is 12.5. The number of carbonyl (C=O) groups excluding carboxylic acids is 1. The fourth-order valence-corrected chi connectivity index (χ4v) is 2.73. The minimum absolute atomic E-state index is 0.0423. The molecule has 0 spiro atoms. The number of rotatable bonds is 9. The van der Waals surface area contributed by atoms with Crippen LogP contribution >= 0.6 is 0 Å². The van der Waals surface area contributed by atoms with Crippen molar-refractivity contribution < 1.29 is 14.3 Å². The summed E-state index contributed by atoms with van der Waals surface area (Å²) in [6.07, 6.45) is 0.867. The van der Waals surface area contributed by atoms with Crippen LogP contribution in [0.25, 0.3) is 0 Å². The highest BCUT2D eigenvalue weighted by molar-refractivity contribution is 5.94. The smallest absolute Gasteiger partial charge is 0.251 e. The third-order valence-corrected chi connectivity index (χ3v) is 4.21. The van der Waals surface area contributed by atoms with Gasteiger partial charge >= 0.3 is 0 Å². The van der Waals surface area contributed by atoms with Crippen molar-refractivity contribution >= 4 is 5.91 Å². The van der Waals surface area contributed by atoms with E-state index in [-0.39, 0.29) is 11.9 Å². The van der Waals surface area contributed by atoms with Crippen LogP contribution in [0, 0.1) is 6.92 Å². The van der Waals surface area contributed by atoms with Gasteiger partial charge in [0, 0.05) is 24.7 Å². The van der Waals surface area contributed by atoms with Gasteiger partial charge in [-0.1, -0.05) is 23.8 Å². The van der Waals surface area contributed by atoms with E-state index in [2.05, 4.69) is 17.6 Å². The lowest BCUT2D eigenvalue weighted by Crippen LogP contribution is -2.36. The molecule has 0 saturated heterocycles. The molecule has 2 aromatic rings. The molecule has 0 aliphatic rings. The molecule has 0 radical (unpaired) electrons. The first kappa shape index (κ1) is 19.8. The van der Waals surface area contributed by atoms with Gasteiger partial charge in [0.1, 0.15) is 0 Å². The number of hydrogen-bond acceptors (Lipinski definition) is 4. The van der Waals surface area contributed by atoms with E-state index in [4.69, 9.17) is 9.47 Å². The predicted octanol–water partition coefficient (Wildman–Crippen LogP) is 2.96. The molecule has 0 heterocycles. The van der Waals surface area contributed by atoms with Gasteiger partial charge in [0.15, 0.2) is 11.5 Å². The first-order valence-corrected chi connectivity index (χ1v) is 8.82. The number of aryl methyl sites for hydroxylation is 1. The quantitative estimate of drug-likeness (QED) is 0.678. The Morgan fingerprint density at radius 1 is 1.00 bits per heavy atom. The highest BCUT2D eigenvalue weighted by atomic mass is 16.5. The van der Waals surface area contributed by atoms with E-state index in [1.807, 2.05) is 49.4 Å². The van der Waals surface area contributed by atoms with E-state index in [1.54, 1.807) is 14.2 Å². The molecular formula is C21H28N2O3. The molecule has 1 unspecified atom stereocenters. The second-order valence-corrected chi connectivity index (χ2v) is 6.37. The number of amides is 1. The molecule has 0 bridgehead atoms. The summed E-state index contributed by atoms with van der Waals surface area (Å²) >= 11 is 0. The first-order valence-electron chi connectivity index (χ1n) is 8.82. The minimum atomic E-state index is -0.0423. The number of hydrogen-bond donors (Lipinski definition) is 2. The van der Waals surface area contributed by atoms with Gasteiger partial charge < -0.3 is 20.1 Å². The summed E-state index contributed by atoms with van der Waals surface area (Å²) in [5, 5.41) is 6.36. The van der Waals surface area contributed by atoms with Gasteiger partial charge in [-0.05, 0) is 50.1 Å². The average molecular weight is 356 g/mol. The van der Waals surface area contributed by atoms with Crippen molar-refractivity contribution in [3.05, 3.63) is 59.2 Å². The SMILES string of the molecule is COc1ccc(CC(C)NCCNC(=O)c2ccc(C)cc2)cc1OC. The van der Waals surface area contributed by atoms with Gasteiger partial charge in [-0.2, -0.15) is 0 Å². The van der Waals surface area contributed by atoms with Crippen LogP contribution < -0.4 is 20.1 Å². The zero-order chi connectivity index (χ0) is 18.9. The van der Waals surface area contributed by atoms with Crippen molar-refractivity contribution in [2.24, 2.45) is 0 Å². The number of nitrogens with one attached hydrogen (secondary N) is 2. The monoisotopic (exact) mass is 356 g/mol. The highest BCUT2D eigenvalue weighted by Gasteiger charge is 2.08. The Labute approximate surface area is 155 Å². The topological polar surface area (TPSA) is 59.6 Å². The van der Waals surface area contributed by atoms with Crippen LogP contribution in [-0.4, -0.2) is 39.3 Å². The fraction of sp³-hybridized carbons (Fsp3) is 0.381. The average Bonchev–Trinajstić information content (AvgIpc) is 2.65. The van der Waals surface area contributed by atoms with E-state index >= 15 is 0 Å². The number of benzene rings is 2. The molecule has 1 atom stereocenters. The Morgan fingerprint density at radius 2 is 1.69 bits per heavy atom. The van der Waals surface area contributed by atoms with Crippen LogP contribution in [0.15, 0.2) is 42.5 Å². The third-order valence-electron chi connectivity index (χ3n) is 4.21. The van der Waals surface area contributed by atoms with Crippen molar-refractivity contribution in [3.63, 3.8) is 0 Å². The molecule has 2 N–H and O–H groups in total. The van der Waals surface area contributed by atoms with Crippen molar-refractivity contribution in [2.45, 2.75) is 26.3 Å². The van der Waals surface area contributed by atoms with E-state index in [0.29, 0.717) is 18.7 Å². The molecule has 0 aliphatic carbocycles. The van der Waals surface area contributed by atoms with Crippen molar-refractivity contribution in [1.82, 2.24) is 10.6 Å². The summed E-state index contributed by atoms with van der Waals surface area (Å²) in [6.45, 7) is 5.43. The van der Waals surface area contributed by atoms with Crippen molar-refractivity contribution in [2.75, 3.05) is 27.3 Å².